The third-order valence-electron chi connectivity index (χ3n) is 3.48. The first-order chi connectivity index (χ1) is 7.03. The van der Waals surface area contributed by atoms with Crippen molar-refractivity contribution in [3.8, 4) is 6.07 Å². The standard InChI is InChI=1S/C12H23N3/c1-4-5-10(2)15(3)9-12(14,8-13)11-6-7-11/h10-11H,4-7,9,14H2,1-3H3. The van der Waals surface area contributed by atoms with Gasteiger partial charge in [0, 0.05) is 12.6 Å². The van der Waals surface area contributed by atoms with Crippen LogP contribution in [-0.4, -0.2) is 30.1 Å². The Morgan fingerprint density at radius 1 is 1.60 bits per heavy atom. The maximum absolute atomic E-state index is 9.15. The predicted octanol–water partition coefficient (Wildman–Crippen LogP) is 1.74. The molecule has 3 nitrogen and oxygen atoms in total. The molecule has 0 bridgehead atoms. The summed E-state index contributed by atoms with van der Waals surface area (Å²) in [6, 6.07) is 2.82. The zero-order valence-electron chi connectivity index (χ0n) is 10.2. The molecule has 0 aromatic heterocycles. The monoisotopic (exact) mass is 209 g/mol. The topological polar surface area (TPSA) is 53.0 Å². The lowest BCUT2D eigenvalue weighted by molar-refractivity contribution is 0.201. The van der Waals surface area contributed by atoms with E-state index in [0.29, 0.717) is 18.5 Å². The minimum absolute atomic E-state index is 0.429. The summed E-state index contributed by atoms with van der Waals surface area (Å²) >= 11 is 0. The molecule has 2 atom stereocenters. The largest absolute Gasteiger partial charge is 0.312 e. The van der Waals surface area contributed by atoms with Crippen LogP contribution in [0.25, 0.3) is 0 Å². The average Bonchev–Trinajstić information content (AvgIpc) is 3.01. The van der Waals surface area contributed by atoms with Crippen LogP contribution in [0.1, 0.15) is 39.5 Å². The lowest BCUT2D eigenvalue weighted by atomic mass is 9.95. The van der Waals surface area contributed by atoms with Crippen LogP contribution in [0.2, 0.25) is 0 Å². The van der Waals surface area contributed by atoms with Gasteiger partial charge in [0.25, 0.3) is 0 Å². The Bertz CT molecular complexity index is 242. The summed E-state index contributed by atoms with van der Waals surface area (Å²) in [5.74, 6) is 0.429. The van der Waals surface area contributed by atoms with Gasteiger partial charge in [-0.25, -0.2) is 0 Å². The van der Waals surface area contributed by atoms with Crippen molar-refractivity contribution in [2.75, 3.05) is 13.6 Å². The molecular formula is C12H23N3. The first-order valence-electron chi connectivity index (χ1n) is 5.94. The highest BCUT2D eigenvalue weighted by Crippen LogP contribution is 2.38. The Morgan fingerprint density at radius 2 is 2.20 bits per heavy atom. The average molecular weight is 209 g/mol. The zero-order chi connectivity index (χ0) is 11.5. The minimum Gasteiger partial charge on any atom is -0.312 e. The normalized spacial score (nSPS) is 22.1. The van der Waals surface area contributed by atoms with E-state index >= 15 is 0 Å². The van der Waals surface area contributed by atoms with E-state index in [9.17, 15) is 0 Å². The number of hydrogen-bond donors (Lipinski definition) is 1. The van der Waals surface area contributed by atoms with Crippen LogP contribution in [0.3, 0.4) is 0 Å². The van der Waals surface area contributed by atoms with E-state index in [1.54, 1.807) is 0 Å². The molecule has 1 fully saturated rings. The fourth-order valence-electron chi connectivity index (χ4n) is 2.06. The first kappa shape index (κ1) is 12.5. The fourth-order valence-corrected chi connectivity index (χ4v) is 2.06. The number of hydrogen-bond acceptors (Lipinski definition) is 3. The van der Waals surface area contributed by atoms with Gasteiger partial charge in [-0.15, -0.1) is 0 Å². The van der Waals surface area contributed by atoms with Gasteiger partial charge in [0.05, 0.1) is 6.07 Å². The molecule has 0 aromatic rings. The molecule has 0 amide bonds. The molecule has 1 aliphatic carbocycles. The van der Waals surface area contributed by atoms with Gasteiger partial charge < -0.3 is 10.6 Å². The van der Waals surface area contributed by atoms with E-state index in [2.05, 4.69) is 31.9 Å². The van der Waals surface area contributed by atoms with Gasteiger partial charge in [-0.3, -0.25) is 0 Å². The molecular weight excluding hydrogens is 186 g/mol. The number of nitrogens with zero attached hydrogens (tertiary/aromatic N) is 2. The SMILES string of the molecule is CCCC(C)N(C)CC(N)(C#N)C1CC1. The second-order valence-electron chi connectivity index (χ2n) is 4.98. The van der Waals surface area contributed by atoms with E-state index in [1.807, 2.05) is 0 Å². The molecule has 2 N–H and O–H groups in total. The third kappa shape index (κ3) is 3.19. The van der Waals surface area contributed by atoms with Crippen molar-refractivity contribution in [3.05, 3.63) is 0 Å². The van der Waals surface area contributed by atoms with Gasteiger partial charge in [0.15, 0.2) is 0 Å². The summed E-state index contributed by atoms with van der Waals surface area (Å²) in [6.45, 7) is 5.09. The van der Waals surface area contributed by atoms with Crippen LogP contribution in [0.5, 0.6) is 0 Å². The molecule has 1 aliphatic rings. The summed E-state index contributed by atoms with van der Waals surface area (Å²) in [5, 5.41) is 9.15. The Kier molecular flexibility index (Phi) is 4.12. The van der Waals surface area contributed by atoms with Crippen molar-refractivity contribution < 1.29 is 0 Å². The molecule has 86 valence electrons. The summed E-state index contributed by atoms with van der Waals surface area (Å²) in [7, 11) is 2.07. The minimum atomic E-state index is -0.614. The number of nitriles is 1. The molecule has 15 heavy (non-hydrogen) atoms. The second-order valence-corrected chi connectivity index (χ2v) is 4.98. The lowest BCUT2D eigenvalue weighted by Crippen LogP contribution is -2.51. The van der Waals surface area contributed by atoms with Gasteiger partial charge >= 0.3 is 0 Å². The van der Waals surface area contributed by atoms with Gasteiger partial charge in [0.2, 0.25) is 0 Å². The quantitative estimate of drug-likeness (QED) is 0.725. The smallest absolute Gasteiger partial charge is 0.119 e. The van der Waals surface area contributed by atoms with E-state index in [1.165, 1.54) is 12.8 Å². The van der Waals surface area contributed by atoms with Crippen LogP contribution in [0.15, 0.2) is 0 Å². The Morgan fingerprint density at radius 3 is 2.60 bits per heavy atom. The molecule has 0 aromatic carbocycles. The highest BCUT2D eigenvalue weighted by atomic mass is 15.1. The van der Waals surface area contributed by atoms with Crippen molar-refractivity contribution in [1.29, 1.82) is 5.26 Å². The Hall–Kier alpha value is -0.590. The van der Waals surface area contributed by atoms with Crippen molar-refractivity contribution >= 4 is 0 Å². The number of nitrogens with two attached hydrogens (primary N) is 1. The molecule has 0 heterocycles. The van der Waals surface area contributed by atoms with Crippen LogP contribution < -0.4 is 5.73 Å². The molecule has 2 unspecified atom stereocenters. The van der Waals surface area contributed by atoms with Crippen molar-refractivity contribution in [1.82, 2.24) is 4.90 Å². The Balaban J connectivity index is 2.48. The van der Waals surface area contributed by atoms with Crippen LogP contribution in [0.4, 0.5) is 0 Å². The zero-order valence-corrected chi connectivity index (χ0v) is 10.2. The summed E-state index contributed by atoms with van der Waals surface area (Å²) in [6.07, 6.45) is 4.60. The Labute approximate surface area is 93.2 Å². The van der Waals surface area contributed by atoms with Crippen molar-refractivity contribution in [3.63, 3.8) is 0 Å². The number of likely N-dealkylation sites (N-methyl/N-ethyl adjacent to an activating group) is 1. The molecule has 3 heteroatoms. The van der Waals surface area contributed by atoms with Gasteiger partial charge in [-0.1, -0.05) is 13.3 Å². The molecule has 1 saturated carbocycles. The number of rotatable bonds is 6. The fraction of sp³-hybridized carbons (Fsp3) is 0.917. The van der Waals surface area contributed by atoms with Gasteiger partial charge in [-0.2, -0.15) is 5.26 Å². The lowest BCUT2D eigenvalue weighted by Gasteiger charge is -2.31. The van der Waals surface area contributed by atoms with E-state index in [4.69, 9.17) is 11.0 Å². The highest BCUT2D eigenvalue weighted by Gasteiger charge is 2.43. The summed E-state index contributed by atoms with van der Waals surface area (Å²) in [5.41, 5.74) is 5.52. The van der Waals surface area contributed by atoms with Crippen LogP contribution >= 0.6 is 0 Å². The molecule has 0 spiro atoms. The van der Waals surface area contributed by atoms with Gasteiger partial charge in [-0.05, 0) is 39.2 Å². The molecule has 0 saturated heterocycles. The van der Waals surface area contributed by atoms with Crippen molar-refractivity contribution in [2.24, 2.45) is 11.7 Å². The molecule has 0 radical (unpaired) electrons. The van der Waals surface area contributed by atoms with E-state index in [-0.39, 0.29) is 0 Å². The second kappa shape index (κ2) is 4.96. The summed E-state index contributed by atoms with van der Waals surface area (Å²) < 4.78 is 0. The maximum atomic E-state index is 9.15. The van der Waals surface area contributed by atoms with Crippen LogP contribution in [0, 0.1) is 17.2 Å². The summed E-state index contributed by atoms with van der Waals surface area (Å²) in [4.78, 5) is 2.23. The highest BCUT2D eigenvalue weighted by molar-refractivity contribution is 5.14. The molecule has 0 aliphatic heterocycles. The van der Waals surface area contributed by atoms with Crippen molar-refractivity contribution in [2.45, 2.75) is 51.1 Å². The molecule has 1 rings (SSSR count). The third-order valence-corrected chi connectivity index (χ3v) is 3.48. The first-order valence-corrected chi connectivity index (χ1v) is 5.94. The predicted molar refractivity (Wildman–Crippen MR) is 62.3 cm³/mol. The van der Waals surface area contributed by atoms with Crippen LogP contribution in [-0.2, 0) is 0 Å². The maximum Gasteiger partial charge on any atom is 0.119 e. The van der Waals surface area contributed by atoms with E-state index < -0.39 is 5.54 Å². The van der Waals surface area contributed by atoms with Gasteiger partial charge in [0.1, 0.15) is 5.54 Å². The van der Waals surface area contributed by atoms with E-state index in [0.717, 1.165) is 12.8 Å².